The SMILES string of the molecule is CNC(=O)C1CC(C)(C)N(C)C1(C)C. The standard InChI is InChI=1S/C11H22N2O/c1-10(2)7-8(9(14)12-5)11(3,4)13(10)6/h8H,7H2,1-6H3,(H,12,14). The smallest absolute Gasteiger partial charge is 0.224 e. The first-order chi connectivity index (χ1) is 6.23. The molecule has 1 heterocycles. The summed E-state index contributed by atoms with van der Waals surface area (Å²) in [6.07, 6.45) is 0.927. The van der Waals surface area contributed by atoms with Crippen LogP contribution in [0, 0.1) is 5.92 Å². The summed E-state index contributed by atoms with van der Waals surface area (Å²) in [5, 5.41) is 2.76. The summed E-state index contributed by atoms with van der Waals surface area (Å²) < 4.78 is 0. The van der Waals surface area contributed by atoms with Crippen LogP contribution in [0.2, 0.25) is 0 Å². The van der Waals surface area contributed by atoms with E-state index in [1.54, 1.807) is 7.05 Å². The van der Waals surface area contributed by atoms with E-state index in [1.807, 2.05) is 0 Å². The van der Waals surface area contributed by atoms with E-state index >= 15 is 0 Å². The lowest BCUT2D eigenvalue weighted by Crippen LogP contribution is -2.49. The molecule has 14 heavy (non-hydrogen) atoms. The van der Waals surface area contributed by atoms with Gasteiger partial charge in [-0.2, -0.15) is 0 Å². The number of carbonyl (C=O) groups is 1. The molecule has 1 aliphatic rings. The number of nitrogens with zero attached hydrogens (tertiary/aromatic N) is 1. The first kappa shape index (κ1) is 11.5. The summed E-state index contributed by atoms with van der Waals surface area (Å²) in [6.45, 7) is 8.67. The van der Waals surface area contributed by atoms with Crippen molar-refractivity contribution in [2.24, 2.45) is 5.92 Å². The van der Waals surface area contributed by atoms with Crippen LogP contribution < -0.4 is 5.32 Å². The molecule has 0 aromatic carbocycles. The molecule has 1 fully saturated rings. The van der Waals surface area contributed by atoms with E-state index in [-0.39, 0.29) is 22.9 Å². The molecule has 82 valence electrons. The number of carbonyl (C=O) groups excluding carboxylic acids is 1. The van der Waals surface area contributed by atoms with Crippen molar-refractivity contribution < 1.29 is 4.79 Å². The third-order valence-electron chi connectivity index (χ3n) is 3.89. The third-order valence-corrected chi connectivity index (χ3v) is 3.89. The van der Waals surface area contributed by atoms with Crippen LogP contribution in [0.4, 0.5) is 0 Å². The Balaban J connectivity index is 2.97. The third kappa shape index (κ3) is 1.54. The number of likely N-dealkylation sites (tertiary alicyclic amines) is 1. The predicted molar refractivity (Wildman–Crippen MR) is 58.1 cm³/mol. The first-order valence-electron chi connectivity index (χ1n) is 5.19. The quantitative estimate of drug-likeness (QED) is 0.687. The topological polar surface area (TPSA) is 32.3 Å². The Bertz CT molecular complexity index is 246. The molecule has 1 N–H and O–H groups in total. The van der Waals surface area contributed by atoms with Gasteiger partial charge in [-0.3, -0.25) is 9.69 Å². The summed E-state index contributed by atoms with van der Waals surface area (Å²) in [5.74, 6) is 0.250. The van der Waals surface area contributed by atoms with Crippen LogP contribution >= 0.6 is 0 Å². The van der Waals surface area contributed by atoms with Crippen molar-refractivity contribution in [3.63, 3.8) is 0 Å². The molecule has 1 atom stereocenters. The Morgan fingerprint density at radius 1 is 1.36 bits per heavy atom. The number of hydrogen-bond donors (Lipinski definition) is 1. The Morgan fingerprint density at radius 3 is 2.14 bits per heavy atom. The Hall–Kier alpha value is -0.570. The normalized spacial score (nSPS) is 30.3. The van der Waals surface area contributed by atoms with E-state index in [4.69, 9.17) is 0 Å². The lowest BCUT2D eigenvalue weighted by atomic mass is 9.86. The minimum atomic E-state index is -0.0520. The summed E-state index contributed by atoms with van der Waals surface area (Å²) in [4.78, 5) is 14.0. The van der Waals surface area contributed by atoms with Gasteiger partial charge in [-0.25, -0.2) is 0 Å². The number of hydrogen-bond acceptors (Lipinski definition) is 2. The molecule has 0 aromatic rings. The van der Waals surface area contributed by atoms with Crippen molar-refractivity contribution in [2.75, 3.05) is 14.1 Å². The largest absolute Gasteiger partial charge is 0.359 e. The molecule has 1 amide bonds. The molecule has 0 bridgehead atoms. The van der Waals surface area contributed by atoms with E-state index in [0.717, 1.165) is 6.42 Å². The maximum absolute atomic E-state index is 11.7. The number of amides is 1. The van der Waals surface area contributed by atoms with Gasteiger partial charge in [0.15, 0.2) is 0 Å². The lowest BCUT2D eigenvalue weighted by molar-refractivity contribution is -0.126. The fourth-order valence-corrected chi connectivity index (χ4v) is 2.49. The highest BCUT2D eigenvalue weighted by atomic mass is 16.1. The average molecular weight is 198 g/mol. The van der Waals surface area contributed by atoms with Gasteiger partial charge in [-0.15, -0.1) is 0 Å². The summed E-state index contributed by atoms with van der Waals surface area (Å²) in [5.41, 5.74) is 0.0598. The van der Waals surface area contributed by atoms with Crippen LogP contribution in [0.1, 0.15) is 34.1 Å². The zero-order valence-electron chi connectivity index (χ0n) is 10.1. The summed E-state index contributed by atoms with van der Waals surface area (Å²) in [7, 11) is 3.81. The number of nitrogens with one attached hydrogen (secondary N) is 1. The van der Waals surface area contributed by atoms with Crippen molar-refractivity contribution in [3.8, 4) is 0 Å². The van der Waals surface area contributed by atoms with Crippen LogP contribution in [0.25, 0.3) is 0 Å². The second-order valence-electron chi connectivity index (χ2n) is 5.40. The lowest BCUT2D eigenvalue weighted by Gasteiger charge is -2.38. The van der Waals surface area contributed by atoms with Crippen molar-refractivity contribution in [2.45, 2.75) is 45.2 Å². The van der Waals surface area contributed by atoms with Gasteiger partial charge in [0, 0.05) is 18.1 Å². The minimum Gasteiger partial charge on any atom is -0.359 e. The highest BCUT2D eigenvalue weighted by Gasteiger charge is 2.51. The molecule has 1 rings (SSSR count). The maximum Gasteiger partial charge on any atom is 0.224 e. The molecule has 0 spiro atoms. The van der Waals surface area contributed by atoms with Crippen LogP contribution in [-0.2, 0) is 4.79 Å². The monoisotopic (exact) mass is 198 g/mol. The second kappa shape index (κ2) is 3.23. The van der Waals surface area contributed by atoms with Gasteiger partial charge in [0.25, 0.3) is 0 Å². The van der Waals surface area contributed by atoms with Crippen LogP contribution in [0.5, 0.6) is 0 Å². The molecule has 1 unspecified atom stereocenters. The van der Waals surface area contributed by atoms with Crippen molar-refractivity contribution in [1.82, 2.24) is 10.2 Å². The second-order valence-corrected chi connectivity index (χ2v) is 5.40. The summed E-state index contributed by atoms with van der Waals surface area (Å²) in [6, 6.07) is 0. The van der Waals surface area contributed by atoms with E-state index in [1.165, 1.54) is 0 Å². The molecule has 0 aromatic heterocycles. The molecule has 0 radical (unpaired) electrons. The van der Waals surface area contributed by atoms with Gasteiger partial charge in [-0.05, 0) is 41.2 Å². The van der Waals surface area contributed by atoms with Crippen LogP contribution in [0.15, 0.2) is 0 Å². The molecule has 0 saturated carbocycles. The van der Waals surface area contributed by atoms with Crippen molar-refractivity contribution in [3.05, 3.63) is 0 Å². The van der Waals surface area contributed by atoms with Crippen LogP contribution in [0.3, 0.4) is 0 Å². The van der Waals surface area contributed by atoms with Crippen molar-refractivity contribution >= 4 is 5.91 Å². The fraction of sp³-hybridized carbons (Fsp3) is 0.909. The maximum atomic E-state index is 11.7. The Labute approximate surface area is 86.9 Å². The summed E-state index contributed by atoms with van der Waals surface area (Å²) >= 11 is 0. The molecule has 1 aliphatic heterocycles. The van der Waals surface area contributed by atoms with Gasteiger partial charge in [0.1, 0.15) is 0 Å². The van der Waals surface area contributed by atoms with Gasteiger partial charge in [-0.1, -0.05) is 0 Å². The zero-order valence-corrected chi connectivity index (χ0v) is 10.1. The van der Waals surface area contributed by atoms with Crippen LogP contribution in [-0.4, -0.2) is 36.0 Å². The van der Waals surface area contributed by atoms with E-state index in [9.17, 15) is 4.79 Å². The zero-order chi connectivity index (χ0) is 11.1. The molecule has 3 nitrogen and oxygen atoms in total. The fourth-order valence-electron chi connectivity index (χ4n) is 2.49. The molecular weight excluding hydrogens is 176 g/mol. The predicted octanol–water partition coefficient (Wildman–Crippen LogP) is 1.24. The van der Waals surface area contributed by atoms with Gasteiger partial charge in [0.2, 0.25) is 5.91 Å². The van der Waals surface area contributed by atoms with E-state index in [0.29, 0.717) is 0 Å². The number of rotatable bonds is 1. The Morgan fingerprint density at radius 2 is 1.86 bits per heavy atom. The first-order valence-corrected chi connectivity index (χ1v) is 5.19. The Kier molecular flexibility index (Phi) is 2.65. The highest BCUT2D eigenvalue weighted by Crippen LogP contribution is 2.43. The molecule has 0 aliphatic carbocycles. The molecule has 1 saturated heterocycles. The van der Waals surface area contributed by atoms with Gasteiger partial charge >= 0.3 is 0 Å². The molecular formula is C11H22N2O. The van der Waals surface area contributed by atoms with Gasteiger partial charge < -0.3 is 5.32 Å². The average Bonchev–Trinajstić information content (AvgIpc) is 2.25. The van der Waals surface area contributed by atoms with E-state index < -0.39 is 0 Å². The minimum absolute atomic E-state index is 0.0520. The highest BCUT2D eigenvalue weighted by molar-refractivity contribution is 5.80. The van der Waals surface area contributed by atoms with Crippen molar-refractivity contribution in [1.29, 1.82) is 0 Å². The molecule has 3 heteroatoms. The van der Waals surface area contributed by atoms with E-state index in [2.05, 4.69) is 45.0 Å². The van der Waals surface area contributed by atoms with Gasteiger partial charge in [0.05, 0.1) is 5.92 Å².